The average molecular weight is 114 g/mol. The highest BCUT2D eigenvalue weighted by atomic mass is 16.4. The number of aliphatic hydroxyl groups is 1. The first kappa shape index (κ1) is 5.11. The van der Waals surface area contributed by atoms with Crippen LogP contribution < -0.4 is 5.73 Å². The lowest BCUT2D eigenvalue weighted by atomic mass is 10.6. The van der Waals surface area contributed by atoms with Crippen LogP contribution in [0, 0.1) is 0 Å². The van der Waals surface area contributed by atoms with Crippen molar-refractivity contribution in [2.75, 3.05) is 5.73 Å². The number of nitrogens with two attached hydrogens (primary N) is 1. The molecule has 0 saturated heterocycles. The molecule has 0 amide bonds. The molecule has 0 fully saturated rings. The van der Waals surface area contributed by atoms with Crippen molar-refractivity contribution < 1.29 is 9.52 Å². The van der Waals surface area contributed by atoms with Gasteiger partial charge in [0.15, 0.2) is 5.76 Å². The molecule has 1 aromatic heterocycles. The minimum absolute atomic E-state index is 0.0917. The van der Waals surface area contributed by atoms with Crippen LogP contribution in [0.2, 0.25) is 0 Å². The van der Waals surface area contributed by atoms with Gasteiger partial charge in [-0.05, 0) is 0 Å². The van der Waals surface area contributed by atoms with Gasteiger partial charge in [0, 0.05) is 0 Å². The van der Waals surface area contributed by atoms with Crippen LogP contribution >= 0.6 is 0 Å². The van der Waals surface area contributed by atoms with Crippen LogP contribution in [0.3, 0.4) is 0 Å². The second-order valence-corrected chi connectivity index (χ2v) is 1.32. The summed E-state index contributed by atoms with van der Waals surface area (Å²) in [6, 6.07) is 0.0917. The molecule has 0 bridgehead atoms. The van der Waals surface area contributed by atoms with E-state index in [-0.39, 0.29) is 12.6 Å². The van der Waals surface area contributed by atoms with E-state index >= 15 is 0 Å². The van der Waals surface area contributed by atoms with Crippen molar-refractivity contribution >= 4 is 6.01 Å². The maximum absolute atomic E-state index is 8.36. The molecule has 0 unspecified atom stereocenters. The zero-order valence-electron chi connectivity index (χ0n) is 4.16. The number of aliphatic hydroxyl groups excluding tert-OH is 1. The smallest absolute Gasteiger partial charge is 0.292 e. The van der Waals surface area contributed by atoms with Gasteiger partial charge in [0.05, 0.1) is 6.20 Å². The molecule has 0 radical (unpaired) electrons. The molecule has 8 heavy (non-hydrogen) atoms. The first-order valence-corrected chi connectivity index (χ1v) is 2.14. The number of nitrogen functional groups attached to an aromatic ring is 1. The van der Waals surface area contributed by atoms with E-state index in [2.05, 4.69) is 9.40 Å². The minimum atomic E-state index is -0.149. The van der Waals surface area contributed by atoms with Gasteiger partial charge in [-0.15, -0.1) is 0 Å². The summed E-state index contributed by atoms with van der Waals surface area (Å²) in [5.74, 6) is 0.391. The Labute approximate surface area is 45.9 Å². The van der Waals surface area contributed by atoms with Gasteiger partial charge in [-0.1, -0.05) is 0 Å². The normalized spacial score (nSPS) is 9.62. The molecule has 44 valence electrons. The van der Waals surface area contributed by atoms with Crippen LogP contribution in [0.15, 0.2) is 10.6 Å². The van der Waals surface area contributed by atoms with Gasteiger partial charge in [-0.2, -0.15) is 0 Å². The number of hydrogen-bond donors (Lipinski definition) is 2. The molecular formula is C4H6N2O2. The summed E-state index contributed by atoms with van der Waals surface area (Å²) in [6.45, 7) is -0.149. The molecule has 0 spiro atoms. The Bertz CT molecular complexity index is 172. The van der Waals surface area contributed by atoms with E-state index in [9.17, 15) is 0 Å². The van der Waals surface area contributed by atoms with Crippen molar-refractivity contribution in [3.05, 3.63) is 12.0 Å². The summed E-state index contributed by atoms with van der Waals surface area (Å²) in [7, 11) is 0. The van der Waals surface area contributed by atoms with Crippen LogP contribution in [0.5, 0.6) is 0 Å². The van der Waals surface area contributed by atoms with Crippen LogP contribution in [-0.2, 0) is 6.61 Å². The molecule has 4 heteroatoms. The highest BCUT2D eigenvalue weighted by molar-refractivity contribution is 5.10. The maximum atomic E-state index is 8.36. The summed E-state index contributed by atoms with van der Waals surface area (Å²) in [5, 5.41) is 8.36. The average Bonchev–Trinajstić information content (AvgIpc) is 2.14. The number of hydrogen-bond acceptors (Lipinski definition) is 4. The number of oxazole rings is 1. The standard InChI is InChI=1S/C4H6N2O2/c5-4-6-1-3(2-7)8-4/h1,7H,2H2,(H2,5,6). The van der Waals surface area contributed by atoms with Crippen molar-refractivity contribution in [3.8, 4) is 0 Å². The largest absolute Gasteiger partial charge is 0.426 e. The highest BCUT2D eigenvalue weighted by Crippen LogP contribution is 2.02. The molecule has 0 aliphatic heterocycles. The Balaban J connectivity index is 2.84. The number of anilines is 1. The van der Waals surface area contributed by atoms with Gasteiger partial charge in [0.2, 0.25) is 0 Å². The molecule has 3 N–H and O–H groups in total. The second kappa shape index (κ2) is 1.83. The minimum Gasteiger partial charge on any atom is -0.426 e. The summed E-state index contributed by atoms with van der Waals surface area (Å²) >= 11 is 0. The summed E-state index contributed by atoms with van der Waals surface area (Å²) in [4.78, 5) is 3.54. The Morgan fingerprint density at radius 2 is 2.62 bits per heavy atom. The molecule has 0 aromatic carbocycles. The Hall–Kier alpha value is -1.03. The third-order valence-electron chi connectivity index (χ3n) is 0.727. The fraction of sp³-hybridized carbons (Fsp3) is 0.250. The van der Waals surface area contributed by atoms with E-state index in [1.807, 2.05) is 0 Å². The number of aromatic nitrogens is 1. The zero-order valence-corrected chi connectivity index (χ0v) is 4.16. The SMILES string of the molecule is Nc1ncc(CO)o1. The molecule has 0 saturated carbocycles. The van der Waals surface area contributed by atoms with Crippen LogP contribution in [0.25, 0.3) is 0 Å². The summed E-state index contributed by atoms with van der Waals surface area (Å²) in [5.41, 5.74) is 5.07. The van der Waals surface area contributed by atoms with E-state index in [1.54, 1.807) is 0 Å². The van der Waals surface area contributed by atoms with Gasteiger partial charge in [0.1, 0.15) is 6.61 Å². The van der Waals surface area contributed by atoms with Crippen molar-refractivity contribution in [2.24, 2.45) is 0 Å². The Morgan fingerprint density at radius 3 is 2.88 bits per heavy atom. The van der Waals surface area contributed by atoms with E-state index in [0.717, 1.165) is 0 Å². The topological polar surface area (TPSA) is 72.3 Å². The second-order valence-electron chi connectivity index (χ2n) is 1.32. The first-order valence-electron chi connectivity index (χ1n) is 2.14. The lowest BCUT2D eigenvalue weighted by molar-refractivity contribution is 0.249. The predicted octanol–water partition coefficient (Wildman–Crippen LogP) is -0.251. The van der Waals surface area contributed by atoms with Crippen LogP contribution in [0.4, 0.5) is 6.01 Å². The molecule has 1 aromatic rings. The predicted molar refractivity (Wildman–Crippen MR) is 26.8 cm³/mol. The molecule has 1 heterocycles. The highest BCUT2D eigenvalue weighted by Gasteiger charge is 1.94. The zero-order chi connectivity index (χ0) is 5.98. The molecule has 0 aliphatic rings. The molecule has 0 atom stereocenters. The van der Waals surface area contributed by atoms with E-state index < -0.39 is 0 Å². The Morgan fingerprint density at radius 1 is 1.88 bits per heavy atom. The van der Waals surface area contributed by atoms with Gasteiger partial charge < -0.3 is 15.3 Å². The van der Waals surface area contributed by atoms with Crippen molar-refractivity contribution in [1.82, 2.24) is 4.98 Å². The van der Waals surface area contributed by atoms with E-state index in [0.29, 0.717) is 5.76 Å². The maximum Gasteiger partial charge on any atom is 0.292 e. The van der Waals surface area contributed by atoms with Crippen molar-refractivity contribution in [3.63, 3.8) is 0 Å². The molecular weight excluding hydrogens is 108 g/mol. The molecule has 0 aliphatic carbocycles. The van der Waals surface area contributed by atoms with Crippen LogP contribution in [0.1, 0.15) is 5.76 Å². The van der Waals surface area contributed by atoms with E-state index in [1.165, 1.54) is 6.20 Å². The fourth-order valence-corrected chi connectivity index (χ4v) is 0.396. The third-order valence-corrected chi connectivity index (χ3v) is 0.727. The monoisotopic (exact) mass is 114 g/mol. The van der Waals surface area contributed by atoms with E-state index in [4.69, 9.17) is 10.8 Å². The molecule has 4 nitrogen and oxygen atoms in total. The Kier molecular flexibility index (Phi) is 1.17. The van der Waals surface area contributed by atoms with Gasteiger partial charge in [-0.25, -0.2) is 4.98 Å². The van der Waals surface area contributed by atoms with Crippen molar-refractivity contribution in [2.45, 2.75) is 6.61 Å². The third kappa shape index (κ3) is 0.788. The van der Waals surface area contributed by atoms with Crippen molar-refractivity contribution in [1.29, 1.82) is 0 Å². The lowest BCUT2D eigenvalue weighted by Gasteiger charge is -1.80. The molecule has 1 rings (SSSR count). The summed E-state index contributed by atoms with van der Waals surface area (Å²) < 4.78 is 4.65. The van der Waals surface area contributed by atoms with Gasteiger partial charge in [0.25, 0.3) is 6.01 Å². The fourth-order valence-electron chi connectivity index (χ4n) is 0.396. The number of rotatable bonds is 1. The van der Waals surface area contributed by atoms with Gasteiger partial charge >= 0.3 is 0 Å². The number of nitrogens with zero attached hydrogens (tertiary/aromatic N) is 1. The van der Waals surface area contributed by atoms with Gasteiger partial charge in [-0.3, -0.25) is 0 Å². The quantitative estimate of drug-likeness (QED) is 0.528. The first-order chi connectivity index (χ1) is 3.83. The van der Waals surface area contributed by atoms with Crippen LogP contribution in [-0.4, -0.2) is 10.1 Å². The summed E-state index contributed by atoms with van der Waals surface area (Å²) in [6.07, 6.45) is 1.38. The lowest BCUT2D eigenvalue weighted by Crippen LogP contribution is -1.80.